The van der Waals surface area contributed by atoms with Crippen molar-refractivity contribution in [3.05, 3.63) is 0 Å². The fourth-order valence-corrected chi connectivity index (χ4v) is 1.20. The molecular formula is C5H10N2. The normalized spacial score (nSPS) is 43.3. The van der Waals surface area contributed by atoms with Crippen LogP contribution in [0.4, 0.5) is 0 Å². The molecule has 0 radical (unpaired) electrons. The second kappa shape index (κ2) is 0.858. The van der Waals surface area contributed by atoms with Gasteiger partial charge in [0, 0.05) is 19.6 Å². The second-order valence-corrected chi connectivity index (χ2v) is 2.68. The highest BCUT2D eigenvalue weighted by atomic mass is 15.4. The summed E-state index contributed by atoms with van der Waals surface area (Å²) in [4.78, 5) is 2.39. The highest BCUT2D eigenvalue weighted by Gasteiger charge is 2.53. The Hall–Kier alpha value is -0.0800. The Morgan fingerprint density at radius 2 is 2.14 bits per heavy atom. The molecule has 2 heteroatoms. The summed E-state index contributed by atoms with van der Waals surface area (Å²) in [5.74, 6) is 0. The van der Waals surface area contributed by atoms with Crippen LogP contribution in [0.2, 0.25) is 0 Å². The molecule has 1 N–H and O–H groups in total. The highest BCUT2D eigenvalue weighted by Crippen LogP contribution is 2.32. The van der Waals surface area contributed by atoms with Crippen molar-refractivity contribution in [2.75, 3.05) is 26.7 Å². The molecular weight excluding hydrogens is 88.1 g/mol. The van der Waals surface area contributed by atoms with E-state index in [-0.39, 0.29) is 0 Å². The van der Waals surface area contributed by atoms with Gasteiger partial charge in [0.2, 0.25) is 0 Å². The summed E-state index contributed by atoms with van der Waals surface area (Å²) in [5, 5.41) is 3.25. The van der Waals surface area contributed by atoms with Gasteiger partial charge in [-0.15, -0.1) is 0 Å². The largest absolute Gasteiger partial charge is 0.313 e. The third-order valence-corrected chi connectivity index (χ3v) is 2.15. The van der Waals surface area contributed by atoms with Gasteiger partial charge in [0.15, 0.2) is 0 Å². The summed E-state index contributed by atoms with van der Waals surface area (Å²) in [6.07, 6.45) is 0. The summed E-state index contributed by atoms with van der Waals surface area (Å²) >= 11 is 0. The Labute approximate surface area is 43.5 Å². The third-order valence-electron chi connectivity index (χ3n) is 2.15. The molecule has 2 nitrogen and oxygen atoms in total. The van der Waals surface area contributed by atoms with E-state index in [0.29, 0.717) is 5.54 Å². The van der Waals surface area contributed by atoms with Crippen LogP contribution in [0.5, 0.6) is 0 Å². The van der Waals surface area contributed by atoms with Crippen LogP contribution in [0.25, 0.3) is 0 Å². The van der Waals surface area contributed by atoms with Crippen molar-refractivity contribution in [3.63, 3.8) is 0 Å². The number of hydrogen-bond acceptors (Lipinski definition) is 2. The van der Waals surface area contributed by atoms with Crippen molar-refractivity contribution in [2.24, 2.45) is 0 Å². The van der Waals surface area contributed by atoms with E-state index in [1.54, 1.807) is 0 Å². The van der Waals surface area contributed by atoms with E-state index < -0.39 is 0 Å². The van der Waals surface area contributed by atoms with Gasteiger partial charge in [-0.1, -0.05) is 0 Å². The maximum Gasteiger partial charge on any atom is 0.0584 e. The molecule has 2 aliphatic heterocycles. The van der Waals surface area contributed by atoms with Crippen molar-refractivity contribution in [3.8, 4) is 0 Å². The van der Waals surface area contributed by atoms with Crippen LogP contribution in [-0.4, -0.2) is 37.1 Å². The van der Waals surface area contributed by atoms with E-state index in [1.807, 2.05) is 0 Å². The van der Waals surface area contributed by atoms with E-state index in [0.717, 1.165) is 0 Å². The lowest BCUT2D eigenvalue weighted by atomic mass is 10.0. The molecule has 2 heterocycles. The van der Waals surface area contributed by atoms with Gasteiger partial charge in [-0.05, 0) is 7.05 Å². The van der Waals surface area contributed by atoms with Crippen LogP contribution in [0.15, 0.2) is 0 Å². The van der Waals surface area contributed by atoms with Crippen molar-refractivity contribution >= 4 is 0 Å². The molecule has 2 fully saturated rings. The maximum atomic E-state index is 3.25. The first-order valence-electron chi connectivity index (χ1n) is 2.75. The van der Waals surface area contributed by atoms with Crippen molar-refractivity contribution in [2.45, 2.75) is 5.54 Å². The number of hydrogen-bond donors (Lipinski definition) is 1. The molecule has 0 bridgehead atoms. The van der Waals surface area contributed by atoms with Gasteiger partial charge in [-0.2, -0.15) is 0 Å². The van der Waals surface area contributed by atoms with Gasteiger partial charge < -0.3 is 5.32 Å². The first-order chi connectivity index (χ1) is 3.33. The molecule has 0 saturated carbocycles. The lowest BCUT2D eigenvalue weighted by molar-refractivity contribution is 0.328. The van der Waals surface area contributed by atoms with E-state index in [1.165, 1.54) is 19.6 Å². The van der Waals surface area contributed by atoms with E-state index in [4.69, 9.17) is 0 Å². The fraction of sp³-hybridized carbons (Fsp3) is 1.00. The molecule has 0 aromatic carbocycles. The minimum absolute atomic E-state index is 0.653. The molecule has 2 saturated heterocycles. The minimum Gasteiger partial charge on any atom is -0.313 e. The lowest BCUT2D eigenvalue weighted by Gasteiger charge is -2.26. The predicted molar refractivity (Wildman–Crippen MR) is 28.2 cm³/mol. The monoisotopic (exact) mass is 98.1 g/mol. The number of nitrogens with zero attached hydrogens (tertiary/aromatic N) is 1. The molecule has 7 heavy (non-hydrogen) atoms. The molecule has 0 amide bonds. The number of nitrogens with one attached hydrogen (secondary N) is 1. The molecule has 0 aromatic rings. The Balaban J connectivity index is 2.05. The van der Waals surface area contributed by atoms with Gasteiger partial charge in [0.1, 0.15) is 0 Å². The topological polar surface area (TPSA) is 15.0 Å². The van der Waals surface area contributed by atoms with Crippen molar-refractivity contribution < 1.29 is 0 Å². The van der Waals surface area contributed by atoms with Gasteiger partial charge >= 0.3 is 0 Å². The molecule has 1 unspecified atom stereocenters. The third kappa shape index (κ3) is 0.318. The molecule has 1 atom stereocenters. The smallest absolute Gasteiger partial charge is 0.0584 e. The fourth-order valence-electron chi connectivity index (χ4n) is 1.20. The zero-order chi connectivity index (χ0) is 4.91. The minimum atomic E-state index is 0.653. The first-order valence-corrected chi connectivity index (χ1v) is 2.75. The lowest BCUT2D eigenvalue weighted by Crippen LogP contribution is -2.52. The quantitative estimate of drug-likeness (QED) is 0.402. The molecule has 2 rings (SSSR count). The van der Waals surface area contributed by atoms with E-state index in [9.17, 15) is 0 Å². The zero-order valence-corrected chi connectivity index (χ0v) is 4.57. The molecule has 2 aliphatic rings. The second-order valence-electron chi connectivity index (χ2n) is 2.68. The molecule has 0 aromatic heterocycles. The standard InChI is InChI=1S/C5H10N2/c1-7-4-5(7)2-6-3-5/h6H,2-4H2,1H3. The van der Waals surface area contributed by atoms with Crippen LogP contribution >= 0.6 is 0 Å². The average Bonchev–Trinajstić information content (AvgIpc) is 2.10. The maximum absolute atomic E-state index is 3.25. The van der Waals surface area contributed by atoms with Crippen LogP contribution in [0.1, 0.15) is 0 Å². The Morgan fingerprint density at radius 1 is 1.57 bits per heavy atom. The summed E-state index contributed by atoms with van der Waals surface area (Å²) in [5.41, 5.74) is 0.653. The molecule has 1 spiro atoms. The zero-order valence-electron chi connectivity index (χ0n) is 4.57. The van der Waals surface area contributed by atoms with Crippen molar-refractivity contribution in [1.82, 2.24) is 10.2 Å². The van der Waals surface area contributed by atoms with Gasteiger partial charge in [0.25, 0.3) is 0 Å². The van der Waals surface area contributed by atoms with Crippen molar-refractivity contribution in [1.29, 1.82) is 0 Å². The Kier molecular flexibility index (Phi) is 0.474. The highest BCUT2D eigenvalue weighted by molar-refractivity contribution is 5.14. The number of rotatable bonds is 0. The predicted octanol–water partition coefficient (Wildman–Crippen LogP) is -0.726. The van der Waals surface area contributed by atoms with Crippen LogP contribution < -0.4 is 5.32 Å². The summed E-state index contributed by atoms with van der Waals surface area (Å²) in [7, 11) is 2.18. The molecule has 40 valence electrons. The number of likely N-dealkylation sites (N-methyl/N-ethyl adjacent to an activating group) is 1. The summed E-state index contributed by atoms with van der Waals surface area (Å²) in [6, 6.07) is 0. The van der Waals surface area contributed by atoms with Gasteiger partial charge in [-0.25, -0.2) is 0 Å². The molecule has 0 aliphatic carbocycles. The SMILES string of the molecule is CN1CC12CNC2. The first kappa shape index (κ1) is 3.87. The van der Waals surface area contributed by atoms with E-state index in [2.05, 4.69) is 17.3 Å². The van der Waals surface area contributed by atoms with Gasteiger partial charge in [0.05, 0.1) is 5.54 Å². The Morgan fingerprint density at radius 3 is 2.14 bits per heavy atom. The summed E-state index contributed by atoms with van der Waals surface area (Å²) < 4.78 is 0. The van der Waals surface area contributed by atoms with Crippen LogP contribution in [-0.2, 0) is 0 Å². The Bertz CT molecular complexity index is 90.7. The average molecular weight is 98.1 g/mol. The van der Waals surface area contributed by atoms with Crippen LogP contribution in [0.3, 0.4) is 0 Å². The van der Waals surface area contributed by atoms with Crippen LogP contribution in [0, 0.1) is 0 Å². The summed E-state index contributed by atoms with van der Waals surface area (Å²) in [6.45, 7) is 3.77. The van der Waals surface area contributed by atoms with Gasteiger partial charge in [-0.3, -0.25) is 4.90 Å². The van der Waals surface area contributed by atoms with E-state index >= 15 is 0 Å².